The molecule has 1 aromatic rings. The molecule has 0 amide bonds. The molecule has 39 heavy (non-hydrogen) atoms. The van der Waals surface area contributed by atoms with Gasteiger partial charge in [-0.2, -0.15) is 0 Å². The number of furan rings is 1. The third-order valence-electron chi connectivity index (χ3n) is 10.0. The van der Waals surface area contributed by atoms with Crippen molar-refractivity contribution in [2.24, 2.45) is 34.0 Å². The second-order valence-electron chi connectivity index (χ2n) is 12.8. The van der Waals surface area contributed by atoms with Crippen LogP contribution in [0.3, 0.4) is 0 Å². The molecular formula is C31H38O8. The summed E-state index contributed by atoms with van der Waals surface area (Å²) in [5.74, 6) is -2.69. The second kappa shape index (κ2) is 9.20. The minimum atomic E-state index is -0.981. The average molecular weight is 539 g/mol. The summed E-state index contributed by atoms with van der Waals surface area (Å²) in [6.45, 7) is 11.5. The zero-order valence-electron chi connectivity index (χ0n) is 23.8. The predicted molar refractivity (Wildman–Crippen MR) is 140 cm³/mol. The predicted octanol–water partition coefficient (Wildman–Crippen LogP) is 5.28. The Kier molecular flexibility index (Phi) is 6.47. The number of esters is 3. The Hall–Kier alpha value is -3.16. The first-order chi connectivity index (χ1) is 18.3. The number of Topliss-reactive ketones (excluding diaryl/α,β-unsaturated/α-hetero) is 1. The molecule has 1 saturated carbocycles. The maximum Gasteiger partial charge on any atom is 0.331 e. The lowest BCUT2D eigenvalue weighted by Crippen LogP contribution is -2.64. The molecule has 0 saturated heterocycles. The van der Waals surface area contributed by atoms with Gasteiger partial charge < -0.3 is 18.6 Å². The van der Waals surface area contributed by atoms with Crippen LogP contribution in [0.2, 0.25) is 0 Å². The van der Waals surface area contributed by atoms with Crippen LogP contribution in [0.15, 0.2) is 45.8 Å². The summed E-state index contributed by atoms with van der Waals surface area (Å²) in [4.78, 5) is 52.9. The molecule has 0 unspecified atom stereocenters. The number of hydrogen-bond donors (Lipinski definition) is 0. The van der Waals surface area contributed by atoms with Gasteiger partial charge in [0.25, 0.3) is 0 Å². The standard InChI is InChI=1S/C31H38O8/c1-16(2)28(35)39-27-19-12-18-20(31(6,25(19)34)22(29(27,3)4)14-23(32)36-7)8-10-30(5)21(18)13-24(33)38-26(30)17-9-11-37-15-17/h9,11,13,15-16,19,22,26-27H,8,10,12,14H2,1-7H3/t19-,22+,26+,27-,30-,31-/m0/s1. The summed E-state index contributed by atoms with van der Waals surface area (Å²) < 4.78 is 22.3. The van der Waals surface area contributed by atoms with Crippen LogP contribution in [0, 0.1) is 34.0 Å². The summed E-state index contributed by atoms with van der Waals surface area (Å²) in [6, 6.07) is 1.81. The molecule has 6 atom stereocenters. The molecule has 1 aromatic heterocycles. The molecular weight excluding hydrogens is 500 g/mol. The summed E-state index contributed by atoms with van der Waals surface area (Å²) in [7, 11) is 1.34. The number of hydrogen-bond acceptors (Lipinski definition) is 8. The molecule has 1 fully saturated rings. The zero-order valence-corrected chi connectivity index (χ0v) is 23.8. The second-order valence-corrected chi connectivity index (χ2v) is 12.8. The average Bonchev–Trinajstić information content (AvgIpc) is 3.41. The number of ether oxygens (including phenoxy) is 3. The number of ketones is 1. The summed E-state index contributed by atoms with van der Waals surface area (Å²) in [5, 5.41) is 0. The van der Waals surface area contributed by atoms with Crippen LogP contribution in [0.1, 0.15) is 78.9 Å². The number of cyclic esters (lactones) is 1. The van der Waals surface area contributed by atoms with Gasteiger partial charge >= 0.3 is 17.9 Å². The van der Waals surface area contributed by atoms with E-state index in [1.54, 1.807) is 32.4 Å². The topological polar surface area (TPSA) is 109 Å². The van der Waals surface area contributed by atoms with Gasteiger partial charge in [-0.05, 0) is 49.3 Å². The summed E-state index contributed by atoms with van der Waals surface area (Å²) in [5.41, 5.74) is 1.38. The van der Waals surface area contributed by atoms with Crippen molar-refractivity contribution >= 4 is 23.7 Å². The number of methoxy groups -OCH3 is 1. The van der Waals surface area contributed by atoms with Crippen molar-refractivity contribution in [2.75, 3.05) is 7.11 Å². The molecule has 8 heteroatoms. The molecule has 0 spiro atoms. The van der Waals surface area contributed by atoms with Crippen molar-refractivity contribution in [1.29, 1.82) is 0 Å². The van der Waals surface area contributed by atoms with E-state index in [0.29, 0.717) is 19.3 Å². The van der Waals surface area contributed by atoms with E-state index in [1.165, 1.54) is 7.11 Å². The Bertz CT molecular complexity index is 1280. The third kappa shape index (κ3) is 3.93. The minimum absolute atomic E-state index is 0.00925. The Morgan fingerprint density at radius 2 is 1.87 bits per heavy atom. The maximum atomic E-state index is 14.4. The van der Waals surface area contributed by atoms with Gasteiger partial charge in [0.05, 0.1) is 43.3 Å². The quantitative estimate of drug-likeness (QED) is 0.368. The van der Waals surface area contributed by atoms with Crippen LogP contribution >= 0.6 is 0 Å². The van der Waals surface area contributed by atoms with Crippen molar-refractivity contribution in [3.63, 3.8) is 0 Å². The van der Waals surface area contributed by atoms with E-state index in [-0.39, 0.29) is 24.1 Å². The zero-order chi connectivity index (χ0) is 28.5. The van der Waals surface area contributed by atoms with Gasteiger partial charge in [-0.25, -0.2) is 4.79 Å². The van der Waals surface area contributed by atoms with Crippen molar-refractivity contribution in [3.8, 4) is 0 Å². The van der Waals surface area contributed by atoms with Crippen LogP contribution in [-0.4, -0.2) is 36.9 Å². The van der Waals surface area contributed by atoms with E-state index < -0.39 is 52.2 Å². The fourth-order valence-corrected chi connectivity index (χ4v) is 7.91. The van der Waals surface area contributed by atoms with Crippen LogP contribution in [0.4, 0.5) is 0 Å². The van der Waals surface area contributed by atoms with E-state index in [2.05, 4.69) is 6.92 Å². The van der Waals surface area contributed by atoms with E-state index in [4.69, 9.17) is 18.6 Å². The first-order valence-electron chi connectivity index (χ1n) is 13.8. The molecule has 5 rings (SSSR count). The minimum Gasteiger partial charge on any atom is -0.472 e. The number of fused-ring (bicyclic) bond motifs is 5. The molecule has 8 nitrogen and oxygen atoms in total. The van der Waals surface area contributed by atoms with Crippen LogP contribution in [0.5, 0.6) is 0 Å². The third-order valence-corrected chi connectivity index (χ3v) is 10.0. The highest BCUT2D eigenvalue weighted by molar-refractivity contribution is 5.96. The molecule has 0 N–H and O–H groups in total. The SMILES string of the molecule is COC(=O)C[C@@H]1C(C)(C)[C@@H](OC(=O)C(C)C)[C@H]2CC3=C(CC[C@@]4(C)C3=CC(=O)O[C@@H]4c3ccoc3)[C@]1(C)C2=O. The van der Waals surface area contributed by atoms with Crippen LogP contribution < -0.4 is 0 Å². The molecule has 210 valence electrons. The van der Waals surface area contributed by atoms with Gasteiger partial charge in [0.15, 0.2) is 0 Å². The monoisotopic (exact) mass is 538 g/mol. The Labute approximate surface area is 229 Å². The summed E-state index contributed by atoms with van der Waals surface area (Å²) >= 11 is 0. The Morgan fingerprint density at radius 3 is 2.49 bits per heavy atom. The number of carbonyl (C=O) groups is 4. The fourth-order valence-electron chi connectivity index (χ4n) is 7.91. The van der Waals surface area contributed by atoms with Crippen molar-refractivity contribution in [2.45, 2.75) is 79.4 Å². The summed E-state index contributed by atoms with van der Waals surface area (Å²) in [6.07, 6.45) is 5.13. The van der Waals surface area contributed by atoms with E-state index in [9.17, 15) is 19.2 Å². The lowest BCUT2D eigenvalue weighted by Gasteiger charge is -2.61. The highest BCUT2D eigenvalue weighted by Crippen LogP contribution is 2.67. The van der Waals surface area contributed by atoms with Gasteiger partial charge in [0.2, 0.25) is 0 Å². The first-order valence-corrected chi connectivity index (χ1v) is 13.8. The van der Waals surface area contributed by atoms with E-state index in [1.807, 2.05) is 26.8 Å². The molecule has 2 heterocycles. The number of carbonyl (C=O) groups excluding carboxylic acids is 4. The number of allylic oxidation sites excluding steroid dienone is 2. The smallest absolute Gasteiger partial charge is 0.331 e. The highest BCUT2D eigenvalue weighted by atomic mass is 16.6. The lowest BCUT2D eigenvalue weighted by molar-refractivity contribution is -0.189. The molecule has 0 radical (unpaired) electrons. The van der Waals surface area contributed by atoms with E-state index in [0.717, 1.165) is 22.3 Å². The fraction of sp³-hybridized carbons (Fsp3) is 0.613. The Balaban J connectivity index is 1.69. The number of rotatable bonds is 5. The molecule has 0 aromatic carbocycles. The van der Waals surface area contributed by atoms with Gasteiger partial charge in [-0.1, -0.05) is 40.2 Å². The van der Waals surface area contributed by atoms with Gasteiger partial charge in [-0.15, -0.1) is 0 Å². The maximum absolute atomic E-state index is 14.4. The molecule has 1 aliphatic heterocycles. The largest absolute Gasteiger partial charge is 0.472 e. The lowest BCUT2D eigenvalue weighted by atomic mass is 9.43. The Morgan fingerprint density at radius 1 is 1.15 bits per heavy atom. The first kappa shape index (κ1) is 27.4. The molecule has 4 aliphatic rings. The van der Waals surface area contributed by atoms with Gasteiger partial charge in [-0.3, -0.25) is 14.4 Å². The van der Waals surface area contributed by atoms with Crippen molar-refractivity contribution in [3.05, 3.63) is 47.0 Å². The van der Waals surface area contributed by atoms with Gasteiger partial charge in [0.1, 0.15) is 18.0 Å². The molecule has 2 bridgehead atoms. The van der Waals surface area contributed by atoms with Crippen LogP contribution in [0.25, 0.3) is 0 Å². The molecule has 3 aliphatic carbocycles. The normalized spacial score (nSPS) is 35.0. The van der Waals surface area contributed by atoms with Crippen molar-refractivity contribution < 1.29 is 37.8 Å². The van der Waals surface area contributed by atoms with Crippen molar-refractivity contribution in [1.82, 2.24) is 0 Å². The highest BCUT2D eigenvalue weighted by Gasteiger charge is 2.67. The van der Waals surface area contributed by atoms with Crippen LogP contribution in [-0.2, 0) is 33.4 Å². The van der Waals surface area contributed by atoms with E-state index >= 15 is 0 Å². The van der Waals surface area contributed by atoms with Gasteiger partial charge in [0, 0.05) is 22.5 Å².